The van der Waals surface area contributed by atoms with E-state index >= 15 is 0 Å². The first-order chi connectivity index (χ1) is 3.31. The average Bonchev–Trinajstić information content (AvgIpc) is 1.68. The van der Waals surface area contributed by atoms with Crippen LogP contribution in [-0.4, -0.2) is 24.7 Å². The normalized spacial score (nSPS) is 14.1. The maximum absolute atomic E-state index is 3.09. The molecule has 0 saturated carbocycles. The van der Waals surface area contributed by atoms with Gasteiger partial charge in [-0.1, -0.05) is 22.6 Å². The van der Waals surface area contributed by atoms with E-state index in [9.17, 15) is 0 Å². The highest BCUT2D eigenvalue weighted by Gasteiger charge is 1.92. The summed E-state index contributed by atoms with van der Waals surface area (Å²) < 4.78 is 0.558. The molecule has 7 heavy (non-hydrogen) atoms. The minimum absolute atomic E-state index is 0.558. The van der Waals surface area contributed by atoms with E-state index in [1.54, 1.807) is 0 Å². The van der Waals surface area contributed by atoms with Gasteiger partial charge < -0.3 is 10.6 Å². The summed E-state index contributed by atoms with van der Waals surface area (Å²) in [5, 5.41) is 6.14. The SMILES string of the molecule is CNCC(I)NC. The molecule has 0 aromatic rings. The lowest BCUT2D eigenvalue weighted by Crippen LogP contribution is -2.29. The second kappa shape index (κ2) is 4.80. The molecule has 0 bridgehead atoms. The van der Waals surface area contributed by atoms with Gasteiger partial charge in [-0.25, -0.2) is 0 Å². The Morgan fingerprint density at radius 2 is 2.14 bits per heavy atom. The van der Waals surface area contributed by atoms with Crippen LogP contribution in [0.15, 0.2) is 0 Å². The van der Waals surface area contributed by atoms with Gasteiger partial charge in [0.1, 0.15) is 0 Å². The smallest absolute Gasteiger partial charge is 0.0717 e. The van der Waals surface area contributed by atoms with Crippen molar-refractivity contribution in [1.82, 2.24) is 10.6 Å². The van der Waals surface area contributed by atoms with Gasteiger partial charge in [0.15, 0.2) is 0 Å². The van der Waals surface area contributed by atoms with Crippen LogP contribution in [0.5, 0.6) is 0 Å². The summed E-state index contributed by atoms with van der Waals surface area (Å²) in [5.74, 6) is 0. The van der Waals surface area contributed by atoms with Crippen molar-refractivity contribution in [3.63, 3.8) is 0 Å². The highest BCUT2D eigenvalue weighted by Crippen LogP contribution is 1.89. The number of alkyl halides is 1. The van der Waals surface area contributed by atoms with Crippen LogP contribution in [0.3, 0.4) is 0 Å². The number of hydrogen-bond donors (Lipinski definition) is 2. The van der Waals surface area contributed by atoms with Gasteiger partial charge in [0.25, 0.3) is 0 Å². The Balaban J connectivity index is 2.83. The molecule has 2 N–H and O–H groups in total. The molecule has 2 nitrogen and oxygen atoms in total. The standard InChI is InChI=1S/C4H11IN2/c1-6-3-4(5)7-2/h4,6-7H,3H2,1-2H3. The van der Waals surface area contributed by atoms with Gasteiger partial charge in [0.2, 0.25) is 0 Å². The van der Waals surface area contributed by atoms with Crippen molar-refractivity contribution in [2.24, 2.45) is 0 Å². The minimum Gasteiger partial charge on any atom is -0.317 e. The molecule has 0 aliphatic heterocycles. The van der Waals surface area contributed by atoms with Gasteiger partial charge in [-0.15, -0.1) is 0 Å². The molecule has 0 aliphatic carbocycles. The molecule has 44 valence electrons. The lowest BCUT2D eigenvalue weighted by atomic mass is 10.6. The molecule has 0 aromatic heterocycles. The molecule has 1 atom stereocenters. The second-order valence-corrected chi connectivity index (χ2v) is 2.82. The van der Waals surface area contributed by atoms with E-state index in [4.69, 9.17) is 0 Å². The van der Waals surface area contributed by atoms with Gasteiger partial charge >= 0.3 is 0 Å². The predicted octanol–water partition coefficient (Wildman–Crippen LogP) is 0.186. The average molecular weight is 214 g/mol. The molecule has 0 saturated heterocycles. The molecule has 0 aromatic carbocycles. The van der Waals surface area contributed by atoms with Crippen molar-refractivity contribution in [2.75, 3.05) is 20.6 Å². The number of hydrogen-bond acceptors (Lipinski definition) is 2. The fraction of sp³-hybridized carbons (Fsp3) is 1.00. The summed E-state index contributed by atoms with van der Waals surface area (Å²) in [7, 11) is 3.90. The van der Waals surface area contributed by atoms with Crippen LogP contribution < -0.4 is 10.6 Å². The van der Waals surface area contributed by atoms with Crippen molar-refractivity contribution in [1.29, 1.82) is 0 Å². The Morgan fingerprint density at radius 3 is 2.29 bits per heavy atom. The first-order valence-corrected chi connectivity index (χ1v) is 3.51. The van der Waals surface area contributed by atoms with Crippen LogP contribution in [0.1, 0.15) is 0 Å². The highest BCUT2D eigenvalue weighted by atomic mass is 127. The van der Waals surface area contributed by atoms with E-state index < -0.39 is 0 Å². The van der Waals surface area contributed by atoms with Crippen LogP contribution in [0, 0.1) is 0 Å². The van der Waals surface area contributed by atoms with E-state index in [-0.39, 0.29) is 0 Å². The Hall–Kier alpha value is 0.650. The summed E-state index contributed by atoms with van der Waals surface area (Å²) in [4.78, 5) is 0. The highest BCUT2D eigenvalue weighted by molar-refractivity contribution is 14.1. The monoisotopic (exact) mass is 214 g/mol. The third-order valence-electron chi connectivity index (χ3n) is 0.697. The molecule has 0 amide bonds. The Bertz CT molecular complexity index is 40.7. The molecule has 3 heteroatoms. The number of rotatable bonds is 3. The quantitative estimate of drug-likeness (QED) is 0.398. The van der Waals surface area contributed by atoms with E-state index in [2.05, 4.69) is 33.2 Å². The van der Waals surface area contributed by atoms with Crippen molar-refractivity contribution in [2.45, 2.75) is 4.05 Å². The van der Waals surface area contributed by atoms with E-state index in [0.29, 0.717) is 4.05 Å². The van der Waals surface area contributed by atoms with Gasteiger partial charge in [-0.2, -0.15) is 0 Å². The third-order valence-corrected chi connectivity index (χ3v) is 1.76. The van der Waals surface area contributed by atoms with Gasteiger partial charge in [-0.05, 0) is 14.1 Å². The zero-order valence-electron chi connectivity index (χ0n) is 4.66. The fourth-order valence-corrected chi connectivity index (χ4v) is 0.722. The first kappa shape index (κ1) is 7.65. The topological polar surface area (TPSA) is 24.1 Å². The van der Waals surface area contributed by atoms with Crippen LogP contribution >= 0.6 is 22.6 Å². The van der Waals surface area contributed by atoms with Crippen molar-refractivity contribution >= 4 is 22.6 Å². The third kappa shape index (κ3) is 4.50. The van der Waals surface area contributed by atoms with Crippen LogP contribution in [0.2, 0.25) is 0 Å². The summed E-state index contributed by atoms with van der Waals surface area (Å²) >= 11 is 2.33. The zero-order chi connectivity index (χ0) is 5.70. The molecule has 0 radical (unpaired) electrons. The van der Waals surface area contributed by atoms with Crippen LogP contribution in [0.25, 0.3) is 0 Å². The second-order valence-electron chi connectivity index (χ2n) is 1.31. The summed E-state index contributed by atoms with van der Waals surface area (Å²) in [6, 6.07) is 0. The Morgan fingerprint density at radius 1 is 1.57 bits per heavy atom. The van der Waals surface area contributed by atoms with Crippen LogP contribution in [0.4, 0.5) is 0 Å². The van der Waals surface area contributed by atoms with Crippen molar-refractivity contribution in [3.05, 3.63) is 0 Å². The molecular formula is C4H11IN2. The summed E-state index contributed by atoms with van der Waals surface area (Å²) in [6.07, 6.45) is 0. The molecule has 0 aliphatic rings. The van der Waals surface area contributed by atoms with E-state index in [1.807, 2.05) is 14.1 Å². The predicted molar refractivity (Wildman–Crippen MR) is 40.8 cm³/mol. The minimum atomic E-state index is 0.558. The maximum Gasteiger partial charge on any atom is 0.0717 e. The lowest BCUT2D eigenvalue weighted by molar-refractivity contribution is 0.696. The summed E-state index contributed by atoms with van der Waals surface area (Å²) in [6.45, 7) is 1.02. The first-order valence-electron chi connectivity index (χ1n) is 2.27. The molecule has 0 rings (SSSR count). The molecule has 1 unspecified atom stereocenters. The number of likely N-dealkylation sites (N-methyl/N-ethyl adjacent to an activating group) is 2. The number of halogens is 1. The maximum atomic E-state index is 3.09. The van der Waals surface area contributed by atoms with E-state index in [1.165, 1.54) is 0 Å². The molecule has 0 fully saturated rings. The van der Waals surface area contributed by atoms with Gasteiger partial charge in [0, 0.05) is 6.54 Å². The van der Waals surface area contributed by atoms with Gasteiger partial charge in [-0.3, -0.25) is 0 Å². The summed E-state index contributed by atoms with van der Waals surface area (Å²) in [5.41, 5.74) is 0. The van der Waals surface area contributed by atoms with Crippen LogP contribution in [-0.2, 0) is 0 Å². The fourth-order valence-electron chi connectivity index (χ4n) is 0.281. The van der Waals surface area contributed by atoms with Crippen molar-refractivity contribution in [3.8, 4) is 0 Å². The number of nitrogens with one attached hydrogen (secondary N) is 2. The molecule has 0 heterocycles. The van der Waals surface area contributed by atoms with Gasteiger partial charge in [0.05, 0.1) is 4.05 Å². The largest absolute Gasteiger partial charge is 0.317 e. The van der Waals surface area contributed by atoms with Crippen molar-refractivity contribution < 1.29 is 0 Å². The Labute approximate surface area is 58.2 Å². The molecule has 0 spiro atoms. The lowest BCUT2D eigenvalue weighted by Gasteiger charge is -2.04. The van der Waals surface area contributed by atoms with E-state index in [0.717, 1.165) is 6.54 Å². The zero-order valence-corrected chi connectivity index (χ0v) is 6.82. The Kier molecular flexibility index (Phi) is 5.25. The molecular weight excluding hydrogens is 203 g/mol.